The Balaban J connectivity index is 2.05. The first kappa shape index (κ1) is 15.0. The third-order valence-corrected chi connectivity index (χ3v) is 4.59. The first-order valence-electron chi connectivity index (χ1n) is 8.39. The molecule has 24 heavy (non-hydrogen) atoms. The van der Waals surface area contributed by atoms with Crippen LogP contribution in [0.3, 0.4) is 0 Å². The summed E-state index contributed by atoms with van der Waals surface area (Å²) in [6, 6.07) is 17.0. The second kappa shape index (κ2) is 6.15. The van der Waals surface area contributed by atoms with Crippen LogP contribution in [0.4, 0.5) is 5.69 Å². The number of hydrogen-bond donors (Lipinski definition) is 0. The van der Waals surface area contributed by atoms with Gasteiger partial charge in [0.25, 0.3) is 0 Å². The summed E-state index contributed by atoms with van der Waals surface area (Å²) in [5.41, 5.74) is 6.82. The van der Waals surface area contributed by atoms with Crippen molar-refractivity contribution in [2.75, 3.05) is 11.4 Å². The first-order chi connectivity index (χ1) is 11.8. The number of fused-ring (bicyclic) bond motifs is 5. The monoisotopic (exact) mass is 314 g/mol. The lowest BCUT2D eigenvalue weighted by molar-refractivity contribution is 0.632. The lowest BCUT2D eigenvalue weighted by Crippen LogP contribution is -2.24. The fraction of sp³-hybridized carbons (Fsp3) is 0.263. The number of para-hydroxylation sites is 1. The quantitative estimate of drug-likeness (QED) is 0.694. The van der Waals surface area contributed by atoms with Crippen LogP contribution >= 0.6 is 0 Å². The van der Waals surface area contributed by atoms with Gasteiger partial charge in [0.15, 0.2) is 0 Å². The van der Waals surface area contributed by atoms with Crippen molar-refractivity contribution < 1.29 is 0 Å². The molecule has 4 nitrogen and oxygen atoms in total. The van der Waals surface area contributed by atoms with Crippen LogP contribution in [-0.4, -0.2) is 29.4 Å². The molecule has 0 atom stereocenters. The molecule has 0 aliphatic carbocycles. The van der Waals surface area contributed by atoms with Gasteiger partial charge in [-0.25, -0.2) is 4.68 Å². The van der Waals surface area contributed by atoms with Crippen molar-refractivity contribution in [1.29, 1.82) is 0 Å². The van der Waals surface area contributed by atoms with E-state index in [0.29, 0.717) is 12.9 Å². The summed E-state index contributed by atoms with van der Waals surface area (Å²) >= 11 is 0. The summed E-state index contributed by atoms with van der Waals surface area (Å²) in [5.74, 6) is 0. The average molecular weight is 314 g/mol. The Hall–Kier alpha value is -2.56. The van der Waals surface area contributed by atoms with E-state index in [2.05, 4.69) is 70.7 Å². The lowest BCUT2D eigenvalue weighted by atomic mass is 9.95. The van der Waals surface area contributed by atoms with Crippen molar-refractivity contribution in [3.05, 3.63) is 54.1 Å². The Morgan fingerprint density at radius 1 is 1.04 bits per heavy atom. The number of nitrogens with zero attached hydrogens (tertiary/aromatic N) is 4. The van der Waals surface area contributed by atoms with Gasteiger partial charge in [0.05, 0.1) is 13.5 Å². The van der Waals surface area contributed by atoms with Crippen LogP contribution in [0, 0.1) is 0 Å². The molecule has 4 rings (SSSR count). The predicted octanol–water partition coefficient (Wildman–Crippen LogP) is 3.54. The van der Waals surface area contributed by atoms with Gasteiger partial charge in [0, 0.05) is 36.4 Å². The SMILES string of the molecule is [B]CCn1nnc2c1-c1ccccc1N(CC)Cc1ccccc1-2. The summed E-state index contributed by atoms with van der Waals surface area (Å²) in [6.45, 7) is 4.66. The van der Waals surface area contributed by atoms with Crippen molar-refractivity contribution in [3.63, 3.8) is 0 Å². The van der Waals surface area contributed by atoms with E-state index < -0.39 is 0 Å². The van der Waals surface area contributed by atoms with Crippen LogP contribution in [0.2, 0.25) is 6.32 Å². The molecule has 0 unspecified atom stereocenters. The molecular formula is C19H19BN4. The molecule has 0 N–H and O–H groups in total. The number of aryl methyl sites for hydroxylation is 1. The highest BCUT2D eigenvalue weighted by atomic mass is 15.4. The smallest absolute Gasteiger partial charge is 0.121 e. The first-order valence-corrected chi connectivity index (χ1v) is 8.39. The van der Waals surface area contributed by atoms with Crippen molar-refractivity contribution in [3.8, 4) is 22.5 Å². The molecule has 1 aliphatic heterocycles. The van der Waals surface area contributed by atoms with Gasteiger partial charge in [-0.05, 0) is 18.6 Å². The number of benzene rings is 2. The number of aromatic nitrogens is 3. The molecule has 0 fully saturated rings. The third-order valence-electron chi connectivity index (χ3n) is 4.59. The van der Waals surface area contributed by atoms with Gasteiger partial charge < -0.3 is 4.90 Å². The van der Waals surface area contributed by atoms with Crippen LogP contribution in [0.15, 0.2) is 48.5 Å². The maximum Gasteiger partial charge on any atom is 0.121 e. The van der Waals surface area contributed by atoms with Gasteiger partial charge >= 0.3 is 0 Å². The molecule has 0 saturated heterocycles. The van der Waals surface area contributed by atoms with Crippen LogP contribution in [0.5, 0.6) is 0 Å². The second-order valence-electron chi connectivity index (χ2n) is 5.99. The second-order valence-corrected chi connectivity index (χ2v) is 5.99. The maximum atomic E-state index is 5.79. The van der Waals surface area contributed by atoms with E-state index in [4.69, 9.17) is 7.85 Å². The van der Waals surface area contributed by atoms with Gasteiger partial charge in [0.2, 0.25) is 0 Å². The minimum Gasteiger partial charge on any atom is -0.367 e. The molecule has 1 aliphatic rings. The van der Waals surface area contributed by atoms with Crippen molar-refractivity contribution in [1.82, 2.24) is 15.0 Å². The van der Waals surface area contributed by atoms with E-state index in [1.807, 2.05) is 4.68 Å². The fourth-order valence-corrected chi connectivity index (χ4v) is 3.45. The molecule has 2 aromatic carbocycles. The Morgan fingerprint density at radius 2 is 1.79 bits per heavy atom. The zero-order valence-electron chi connectivity index (χ0n) is 13.8. The van der Waals surface area contributed by atoms with Gasteiger partial charge in [0.1, 0.15) is 5.69 Å². The Labute approximate surface area is 143 Å². The summed E-state index contributed by atoms with van der Waals surface area (Å²) in [7, 11) is 5.79. The van der Waals surface area contributed by atoms with Crippen LogP contribution < -0.4 is 4.90 Å². The molecule has 0 amide bonds. The molecule has 0 bridgehead atoms. The van der Waals surface area contributed by atoms with Crippen LogP contribution in [-0.2, 0) is 13.1 Å². The van der Waals surface area contributed by atoms with E-state index in [-0.39, 0.29) is 0 Å². The van der Waals surface area contributed by atoms with Crippen molar-refractivity contribution in [2.24, 2.45) is 0 Å². The minimum atomic E-state index is 0.539. The summed E-state index contributed by atoms with van der Waals surface area (Å²) in [4.78, 5) is 2.40. The topological polar surface area (TPSA) is 34.0 Å². The normalized spacial score (nSPS) is 12.8. The van der Waals surface area contributed by atoms with E-state index in [1.165, 1.54) is 16.8 Å². The summed E-state index contributed by atoms with van der Waals surface area (Å²) in [5, 5.41) is 8.89. The van der Waals surface area contributed by atoms with E-state index in [9.17, 15) is 0 Å². The molecule has 0 saturated carbocycles. The predicted molar refractivity (Wildman–Crippen MR) is 98.2 cm³/mol. The highest BCUT2D eigenvalue weighted by Crippen LogP contribution is 2.40. The summed E-state index contributed by atoms with van der Waals surface area (Å²) in [6.07, 6.45) is 0.539. The third kappa shape index (κ3) is 2.32. The van der Waals surface area contributed by atoms with Crippen molar-refractivity contribution >= 4 is 13.5 Å². The zero-order chi connectivity index (χ0) is 16.5. The highest BCUT2D eigenvalue weighted by Gasteiger charge is 2.25. The molecule has 2 heterocycles. The van der Waals surface area contributed by atoms with E-state index >= 15 is 0 Å². The average Bonchev–Trinajstić information content (AvgIpc) is 3.02. The van der Waals surface area contributed by atoms with Gasteiger partial charge in [-0.3, -0.25) is 0 Å². The van der Waals surface area contributed by atoms with Gasteiger partial charge in [-0.15, -0.1) is 5.10 Å². The molecular weight excluding hydrogens is 295 g/mol. The molecule has 0 spiro atoms. The minimum absolute atomic E-state index is 0.539. The van der Waals surface area contributed by atoms with Crippen molar-refractivity contribution in [2.45, 2.75) is 26.3 Å². The van der Waals surface area contributed by atoms with E-state index in [1.54, 1.807) is 0 Å². The molecule has 2 radical (unpaired) electrons. The van der Waals surface area contributed by atoms with Crippen LogP contribution in [0.25, 0.3) is 22.5 Å². The zero-order valence-corrected chi connectivity index (χ0v) is 13.8. The Morgan fingerprint density at radius 3 is 2.58 bits per heavy atom. The number of rotatable bonds is 3. The molecule has 5 heteroatoms. The molecule has 118 valence electrons. The Kier molecular flexibility index (Phi) is 3.85. The summed E-state index contributed by atoms with van der Waals surface area (Å²) < 4.78 is 1.93. The maximum absolute atomic E-state index is 5.79. The van der Waals surface area contributed by atoms with Crippen LogP contribution in [0.1, 0.15) is 12.5 Å². The Bertz CT molecular complexity index is 871. The largest absolute Gasteiger partial charge is 0.367 e. The van der Waals surface area contributed by atoms with E-state index in [0.717, 1.165) is 30.0 Å². The molecule has 3 aromatic rings. The fourth-order valence-electron chi connectivity index (χ4n) is 3.45. The van der Waals surface area contributed by atoms with Gasteiger partial charge in [-0.2, -0.15) is 0 Å². The standard InChI is InChI=1S/C19H19BN4/c1-2-23-13-14-7-3-4-8-15(14)18-19(24(12-11-20)22-21-18)16-9-5-6-10-17(16)23/h3-10H,2,11-13H2,1H3. The van der Waals surface area contributed by atoms with Gasteiger partial charge in [-0.1, -0.05) is 54.0 Å². The highest BCUT2D eigenvalue weighted by molar-refractivity contribution is 6.08. The lowest BCUT2D eigenvalue weighted by Gasteiger charge is -2.29. The number of hydrogen-bond acceptors (Lipinski definition) is 3. The molecule has 1 aromatic heterocycles. The number of anilines is 1.